The average Bonchev–Trinajstić information content (AvgIpc) is 2.60. The summed E-state index contributed by atoms with van der Waals surface area (Å²) in [4.78, 5) is 12.2. The van der Waals surface area contributed by atoms with Gasteiger partial charge in [0.05, 0.1) is 22.5 Å². The molecule has 0 amide bonds. The Bertz CT molecular complexity index is 797. The van der Waals surface area contributed by atoms with Gasteiger partial charge >= 0.3 is 5.97 Å². The third kappa shape index (κ3) is 3.28. The van der Waals surface area contributed by atoms with E-state index in [0.29, 0.717) is 5.56 Å². The van der Waals surface area contributed by atoms with Crippen molar-refractivity contribution in [3.05, 3.63) is 59.7 Å². The Morgan fingerprint density at radius 3 is 2.35 bits per heavy atom. The predicted molar refractivity (Wildman–Crippen MR) is 85.2 cm³/mol. The van der Waals surface area contributed by atoms with E-state index < -0.39 is 21.7 Å². The molecule has 0 spiro atoms. The molecule has 1 atom stereocenters. The number of benzene rings is 2. The molecule has 2 rings (SSSR count). The van der Waals surface area contributed by atoms with Crippen LogP contribution >= 0.6 is 0 Å². The Hall–Kier alpha value is -2.18. The topological polar surface area (TPSA) is 80.7 Å². The fourth-order valence-corrected chi connectivity index (χ4v) is 3.83. The van der Waals surface area contributed by atoms with E-state index in [1.54, 1.807) is 37.3 Å². The number of hydrogen-bond donors (Lipinski definition) is 1. The molecular weight excluding hydrogens is 316 g/mol. The Kier molecular flexibility index (Phi) is 5.18. The monoisotopic (exact) mass is 334 g/mol. The van der Waals surface area contributed by atoms with Gasteiger partial charge < -0.3 is 9.84 Å². The van der Waals surface area contributed by atoms with Gasteiger partial charge in [-0.15, -0.1) is 0 Å². The first kappa shape index (κ1) is 17.2. The molecule has 1 unspecified atom stereocenters. The van der Waals surface area contributed by atoms with Crippen LogP contribution in [0.15, 0.2) is 58.3 Å². The molecule has 0 aliphatic carbocycles. The molecule has 0 fully saturated rings. The lowest BCUT2D eigenvalue weighted by atomic mass is 9.96. The van der Waals surface area contributed by atoms with Gasteiger partial charge in [0.15, 0.2) is 0 Å². The van der Waals surface area contributed by atoms with Gasteiger partial charge in [0.25, 0.3) is 0 Å². The van der Waals surface area contributed by atoms with Crippen LogP contribution in [0, 0.1) is 0 Å². The van der Waals surface area contributed by atoms with Crippen molar-refractivity contribution in [1.82, 2.24) is 0 Å². The summed E-state index contributed by atoms with van der Waals surface area (Å²) in [6.45, 7) is 1.50. The van der Waals surface area contributed by atoms with Crippen molar-refractivity contribution in [3.8, 4) is 0 Å². The highest BCUT2D eigenvalue weighted by Crippen LogP contribution is 2.30. The molecule has 0 bridgehead atoms. The van der Waals surface area contributed by atoms with Gasteiger partial charge in [-0.2, -0.15) is 0 Å². The number of carbonyl (C=O) groups is 1. The first-order valence-electron chi connectivity index (χ1n) is 7.05. The Labute approximate surface area is 135 Å². The molecule has 0 heterocycles. The van der Waals surface area contributed by atoms with Gasteiger partial charge in [-0.1, -0.05) is 37.3 Å². The van der Waals surface area contributed by atoms with Crippen molar-refractivity contribution in [3.63, 3.8) is 0 Å². The second-order valence-corrected chi connectivity index (χ2v) is 7.03. The first-order chi connectivity index (χ1) is 10.9. The molecule has 0 aromatic heterocycles. The van der Waals surface area contributed by atoms with Crippen LogP contribution in [0.4, 0.5) is 0 Å². The summed E-state index contributed by atoms with van der Waals surface area (Å²) >= 11 is 0. The van der Waals surface area contributed by atoms with E-state index >= 15 is 0 Å². The van der Waals surface area contributed by atoms with Crippen molar-refractivity contribution < 1.29 is 23.1 Å². The third-order valence-corrected chi connectivity index (χ3v) is 5.41. The molecule has 122 valence electrons. The third-order valence-electron chi connectivity index (χ3n) is 3.60. The fourth-order valence-electron chi connectivity index (χ4n) is 2.33. The van der Waals surface area contributed by atoms with Crippen molar-refractivity contribution in [1.29, 1.82) is 0 Å². The number of carbonyl (C=O) groups excluding carboxylic acids is 1. The van der Waals surface area contributed by atoms with Crippen molar-refractivity contribution >= 4 is 15.8 Å². The van der Waals surface area contributed by atoms with Gasteiger partial charge in [0.2, 0.25) is 9.84 Å². The second-order valence-electron chi connectivity index (χ2n) is 5.11. The highest BCUT2D eigenvalue weighted by Gasteiger charge is 2.28. The summed E-state index contributed by atoms with van der Waals surface area (Å²) in [6.07, 6.45) is 0. The molecule has 0 saturated heterocycles. The van der Waals surface area contributed by atoms with E-state index in [-0.39, 0.29) is 22.0 Å². The minimum absolute atomic E-state index is 0.0274. The quantitative estimate of drug-likeness (QED) is 0.849. The molecular formula is C17H18O5S. The highest BCUT2D eigenvalue weighted by molar-refractivity contribution is 7.91. The number of sulfone groups is 1. The number of esters is 1. The molecule has 0 radical (unpaired) electrons. The largest absolute Gasteiger partial charge is 0.465 e. The maximum Gasteiger partial charge on any atom is 0.339 e. The number of ether oxygens (including phenoxy) is 1. The second kappa shape index (κ2) is 6.93. The van der Waals surface area contributed by atoms with Gasteiger partial charge in [-0.3, -0.25) is 0 Å². The van der Waals surface area contributed by atoms with E-state index in [1.807, 2.05) is 0 Å². The van der Waals surface area contributed by atoms with Crippen LogP contribution in [0.3, 0.4) is 0 Å². The first-order valence-corrected chi connectivity index (χ1v) is 8.54. The van der Waals surface area contributed by atoms with Crippen LogP contribution in [0.5, 0.6) is 0 Å². The highest BCUT2D eigenvalue weighted by atomic mass is 32.2. The van der Waals surface area contributed by atoms with Crippen molar-refractivity contribution in [2.75, 3.05) is 13.7 Å². The van der Waals surface area contributed by atoms with E-state index in [9.17, 15) is 18.3 Å². The fraction of sp³-hybridized carbons (Fsp3) is 0.235. The lowest BCUT2D eigenvalue weighted by molar-refractivity contribution is 0.0594. The molecule has 0 aliphatic heterocycles. The number of aliphatic hydroxyl groups is 1. The summed E-state index contributed by atoms with van der Waals surface area (Å²) in [5.74, 6) is -1.13. The maximum absolute atomic E-state index is 12.9. The molecule has 0 saturated carbocycles. The molecule has 2 aromatic rings. The Balaban J connectivity index is 2.75. The minimum Gasteiger partial charge on any atom is -0.465 e. The number of rotatable bonds is 5. The SMILES string of the molecule is COC(=O)c1c(C(C)CO)cccc1S(=O)(=O)c1ccccc1. The Morgan fingerprint density at radius 2 is 1.78 bits per heavy atom. The van der Waals surface area contributed by atoms with Gasteiger partial charge in [-0.25, -0.2) is 13.2 Å². The zero-order valence-corrected chi connectivity index (χ0v) is 13.7. The lowest BCUT2D eigenvalue weighted by Gasteiger charge is -2.17. The van der Waals surface area contributed by atoms with Crippen molar-refractivity contribution in [2.24, 2.45) is 0 Å². The van der Waals surface area contributed by atoms with Crippen molar-refractivity contribution in [2.45, 2.75) is 22.6 Å². The molecule has 1 N–H and O–H groups in total. The van der Waals surface area contributed by atoms with Gasteiger partial charge in [-0.05, 0) is 23.8 Å². The summed E-state index contributed by atoms with van der Waals surface area (Å²) in [7, 11) is -2.68. The van der Waals surface area contributed by atoms with Gasteiger partial charge in [0, 0.05) is 12.5 Å². The molecule has 2 aromatic carbocycles. The average molecular weight is 334 g/mol. The summed E-state index contributed by atoms with van der Waals surface area (Å²) < 4.78 is 30.5. The zero-order valence-electron chi connectivity index (χ0n) is 12.9. The van der Waals surface area contributed by atoms with Crippen LogP contribution < -0.4 is 0 Å². The standard InChI is InChI=1S/C17H18O5S/c1-12(11-18)14-9-6-10-15(16(14)17(19)22-2)23(20,21)13-7-4-3-5-8-13/h3-10,12,18H,11H2,1-2H3. The molecule has 0 aliphatic rings. The predicted octanol–water partition coefficient (Wildman–Crippen LogP) is 2.40. The van der Waals surface area contributed by atoms with Crippen LogP contribution in [0.25, 0.3) is 0 Å². The number of hydrogen-bond acceptors (Lipinski definition) is 5. The zero-order chi connectivity index (χ0) is 17.0. The minimum atomic E-state index is -3.87. The van der Waals surface area contributed by atoms with E-state index in [0.717, 1.165) is 0 Å². The van der Waals surface area contributed by atoms with Crippen LogP contribution in [0.1, 0.15) is 28.8 Å². The summed E-state index contributed by atoms with van der Waals surface area (Å²) in [5.41, 5.74) is 0.414. The summed E-state index contributed by atoms with van der Waals surface area (Å²) in [5, 5.41) is 9.38. The Morgan fingerprint density at radius 1 is 1.13 bits per heavy atom. The van der Waals surface area contributed by atoms with E-state index in [1.165, 1.54) is 25.3 Å². The van der Waals surface area contributed by atoms with Gasteiger partial charge in [0.1, 0.15) is 0 Å². The number of aliphatic hydroxyl groups excluding tert-OH is 1. The lowest BCUT2D eigenvalue weighted by Crippen LogP contribution is -2.16. The van der Waals surface area contributed by atoms with E-state index in [4.69, 9.17) is 4.74 Å². The van der Waals surface area contributed by atoms with Crippen LogP contribution in [-0.2, 0) is 14.6 Å². The van der Waals surface area contributed by atoms with E-state index in [2.05, 4.69) is 0 Å². The smallest absolute Gasteiger partial charge is 0.339 e. The summed E-state index contributed by atoms with van der Waals surface area (Å²) in [6, 6.07) is 12.4. The number of methoxy groups -OCH3 is 1. The molecule has 23 heavy (non-hydrogen) atoms. The molecule has 6 heteroatoms. The maximum atomic E-state index is 12.9. The van der Waals surface area contributed by atoms with Crippen LogP contribution in [0.2, 0.25) is 0 Å². The normalized spacial score (nSPS) is 12.7. The molecule has 5 nitrogen and oxygen atoms in total. The van der Waals surface area contributed by atoms with Crippen LogP contribution in [-0.4, -0.2) is 33.2 Å².